The van der Waals surface area contributed by atoms with Crippen LogP contribution < -0.4 is 0 Å². The Kier molecular flexibility index (Phi) is 4.06. The lowest BCUT2D eigenvalue weighted by Gasteiger charge is -2.16. The molecule has 4 nitrogen and oxygen atoms in total. The molecule has 0 bridgehead atoms. The number of carbonyl (C=O) groups is 2. The van der Waals surface area contributed by atoms with Crippen LogP contribution in [0.25, 0.3) is 0 Å². The topological polar surface area (TPSA) is 52.6 Å². The highest BCUT2D eigenvalue weighted by Gasteiger charge is 2.67. The Hall–Kier alpha value is -1.91. The molecule has 1 saturated carbocycles. The van der Waals surface area contributed by atoms with Crippen molar-refractivity contribution in [1.29, 1.82) is 0 Å². The van der Waals surface area contributed by atoms with Crippen molar-refractivity contribution in [3.05, 3.63) is 35.6 Å². The summed E-state index contributed by atoms with van der Waals surface area (Å²) in [7, 11) is 0. The second-order valence-electron chi connectivity index (χ2n) is 4.68. The number of hydrogen-bond acceptors (Lipinski definition) is 4. The molecule has 108 valence electrons. The van der Waals surface area contributed by atoms with Crippen LogP contribution >= 0.6 is 0 Å². The van der Waals surface area contributed by atoms with E-state index in [0.717, 1.165) is 0 Å². The highest BCUT2D eigenvalue weighted by Crippen LogP contribution is 2.56. The van der Waals surface area contributed by atoms with Crippen molar-refractivity contribution >= 4 is 11.9 Å². The molecule has 20 heavy (non-hydrogen) atoms. The third kappa shape index (κ3) is 2.28. The predicted octanol–water partition coefficient (Wildman–Crippen LogP) is 2.21. The zero-order valence-electron chi connectivity index (χ0n) is 11.5. The van der Waals surface area contributed by atoms with E-state index in [0.29, 0.717) is 0 Å². The van der Waals surface area contributed by atoms with Gasteiger partial charge in [-0.1, -0.05) is 18.2 Å². The molecule has 0 heterocycles. The molecule has 0 spiro atoms. The Morgan fingerprint density at radius 2 is 1.90 bits per heavy atom. The Bertz CT molecular complexity index is 528. The minimum absolute atomic E-state index is 0.185. The first-order chi connectivity index (χ1) is 9.57. The van der Waals surface area contributed by atoms with Gasteiger partial charge >= 0.3 is 11.9 Å². The van der Waals surface area contributed by atoms with Crippen molar-refractivity contribution in [3.63, 3.8) is 0 Å². The number of carbonyl (C=O) groups excluding carboxylic acids is 2. The molecule has 0 radical (unpaired) electrons. The normalized spacial score (nSPS) is 24.1. The highest BCUT2D eigenvalue weighted by atomic mass is 19.1. The van der Waals surface area contributed by atoms with Crippen LogP contribution in [0.3, 0.4) is 0 Å². The second-order valence-corrected chi connectivity index (χ2v) is 4.68. The van der Waals surface area contributed by atoms with Gasteiger partial charge in [0.15, 0.2) is 0 Å². The molecule has 0 aromatic heterocycles. The summed E-state index contributed by atoms with van der Waals surface area (Å²) in [5.74, 6) is -2.22. The van der Waals surface area contributed by atoms with Crippen molar-refractivity contribution in [3.8, 4) is 0 Å². The van der Waals surface area contributed by atoms with Gasteiger partial charge in [-0.2, -0.15) is 0 Å². The third-order valence-electron chi connectivity index (χ3n) is 3.53. The van der Waals surface area contributed by atoms with Gasteiger partial charge in [0.1, 0.15) is 11.2 Å². The van der Waals surface area contributed by atoms with Crippen molar-refractivity contribution in [2.45, 2.75) is 25.7 Å². The molecular formula is C15H17FO4. The molecule has 2 atom stereocenters. The van der Waals surface area contributed by atoms with Gasteiger partial charge in [-0.05, 0) is 26.3 Å². The number of hydrogen-bond donors (Lipinski definition) is 0. The molecule has 1 aromatic rings. The number of ether oxygens (including phenoxy) is 2. The van der Waals surface area contributed by atoms with Gasteiger partial charge in [-0.25, -0.2) is 4.39 Å². The van der Waals surface area contributed by atoms with Gasteiger partial charge in [0, 0.05) is 5.56 Å². The summed E-state index contributed by atoms with van der Waals surface area (Å²) in [5, 5.41) is 0. The number of halogens is 1. The summed E-state index contributed by atoms with van der Waals surface area (Å²) < 4.78 is 24.0. The first-order valence-electron chi connectivity index (χ1n) is 6.66. The quantitative estimate of drug-likeness (QED) is 0.776. The average Bonchev–Trinajstić information content (AvgIpc) is 3.16. The van der Waals surface area contributed by atoms with E-state index in [1.165, 1.54) is 12.1 Å². The molecular weight excluding hydrogens is 263 g/mol. The summed E-state index contributed by atoms with van der Waals surface area (Å²) in [6.45, 7) is 3.78. The molecule has 1 aliphatic carbocycles. The van der Waals surface area contributed by atoms with Gasteiger partial charge in [0.05, 0.1) is 19.1 Å². The first kappa shape index (κ1) is 14.5. The fourth-order valence-electron chi connectivity index (χ4n) is 2.51. The largest absolute Gasteiger partial charge is 0.466 e. The lowest BCUT2D eigenvalue weighted by molar-refractivity contribution is -0.152. The Labute approximate surface area is 116 Å². The standard InChI is InChI=1S/C15H17FO4/c1-3-19-13(17)11-9-15(11,14(18)20-4-2)10-7-5-6-8-12(10)16/h5-8,11H,3-4,9H2,1-2H3/t11-,15+/m0/s1. The summed E-state index contributed by atoms with van der Waals surface area (Å²) >= 11 is 0. The maximum absolute atomic E-state index is 14.0. The second kappa shape index (κ2) is 5.61. The SMILES string of the molecule is CCOC(=O)[C@@H]1C[C@@]1(C(=O)OCC)c1ccccc1F. The zero-order chi connectivity index (χ0) is 14.8. The van der Waals surface area contributed by atoms with Crippen LogP contribution in [0.5, 0.6) is 0 Å². The van der Waals surface area contributed by atoms with Crippen LogP contribution in [0.2, 0.25) is 0 Å². The smallest absolute Gasteiger partial charge is 0.317 e. The minimum atomic E-state index is -1.23. The fraction of sp³-hybridized carbons (Fsp3) is 0.467. The summed E-state index contributed by atoms with van der Waals surface area (Å²) in [4.78, 5) is 24.1. The van der Waals surface area contributed by atoms with Crippen molar-refractivity contribution in [1.82, 2.24) is 0 Å². The van der Waals surface area contributed by atoms with E-state index in [1.54, 1.807) is 26.0 Å². The van der Waals surface area contributed by atoms with Crippen molar-refractivity contribution in [2.75, 3.05) is 13.2 Å². The third-order valence-corrected chi connectivity index (χ3v) is 3.53. The maximum atomic E-state index is 14.0. The molecule has 2 rings (SSSR count). The molecule has 5 heteroatoms. The first-order valence-corrected chi connectivity index (χ1v) is 6.66. The van der Waals surface area contributed by atoms with Crippen molar-refractivity contribution in [2.24, 2.45) is 5.92 Å². The Balaban J connectivity index is 2.36. The zero-order valence-corrected chi connectivity index (χ0v) is 11.5. The van der Waals surface area contributed by atoms with E-state index in [2.05, 4.69) is 0 Å². The van der Waals surface area contributed by atoms with E-state index in [9.17, 15) is 14.0 Å². The van der Waals surface area contributed by atoms with Crippen LogP contribution in [0.15, 0.2) is 24.3 Å². The Morgan fingerprint density at radius 3 is 2.50 bits per heavy atom. The lowest BCUT2D eigenvalue weighted by atomic mass is 9.92. The summed E-state index contributed by atoms with van der Waals surface area (Å²) in [6.07, 6.45) is 0.228. The van der Waals surface area contributed by atoms with Gasteiger partial charge in [0.25, 0.3) is 0 Å². The van der Waals surface area contributed by atoms with E-state index in [4.69, 9.17) is 9.47 Å². The summed E-state index contributed by atoms with van der Waals surface area (Å²) in [6, 6.07) is 5.97. The molecule has 0 N–H and O–H groups in total. The monoisotopic (exact) mass is 280 g/mol. The predicted molar refractivity (Wildman–Crippen MR) is 69.5 cm³/mol. The molecule has 0 amide bonds. The van der Waals surface area contributed by atoms with Gasteiger partial charge in [-0.3, -0.25) is 9.59 Å². The molecule has 1 aliphatic rings. The van der Waals surface area contributed by atoms with E-state index in [-0.39, 0.29) is 25.2 Å². The number of rotatable bonds is 5. The van der Waals surface area contributed by atoms with E-state index >= 15 is 0 Å². The van der Waals surface area contributed by atoms with E-state index < -0.39 is 29.1 Å². The van der Waals surface area contributed by atoms with Gasteiger partial charge in [-0.15, -0.1) is 0 Å². The average molecular weight is 280 g/mol. The number of esters is 2. The highest BCUT2D eigenvalue weighted by molar-refractivity contribution is 5.96. The number of benzene rings is 1. The maximum Gasteiger partial charge on any atom is 0.317 e. The molecule has 0 saturated heterocycles. The van der Waals surface area contributed by atoms with Crippen molar-refractivity contribution < 1.29 is 23.5 Å². The lowest BCUT2D eigenvalue weighted by Crippen LogP contribution is -2.29. The Morgan fingerprint density at radius 1 is 1.25 bits per heavy atom. The molecule has 0 aliphatic heterocycles. The van der Waals surface area contributed by atoms with Crippen LogP contribution in [0.1, 0.15) is 25.8 Å². The van der Waals surface area contributed by atoms with Crippen LogP contribution in [-0.2, 0) is 24.5 Å². The van der Waals surface area contributed by atoms with Crippen LogP contribution in [0, 0.1) is 11.7 Å². The molecule has 1 fully saturated rings. The molecule has 0 unspecified atom stereocenters. The van der Waals surface area contributed by atoms with Gasteiger partial charge < -0.3 is 9.47 Å². The van der Waals surface area contributed by atoms with Gasteiger partial charge in [0.2, 0.25) is 0 Å². The fourth-order valence-corrected chi connectivity index (χ4v) is 2.51. The molecule has 1 aromatic carbocycles. The van der Waals surface area contributed by atoms with Crippen LogP contribution in [0.4, 0.5) is 4.39 Å². The summed E-state index contributed by atoms with van der Waals surface area (Å²) in [5.41, 5.74) is -1.02. The minimum Gasteiger partial charge on any atom is -0.466 e. The van der Waals surface area contributed by atoms with E-state index in [1.807, 2.05) is 0 Å². The van der Waals surface area contributed by atoms with Crippen LogP contribution in [-0.4, -0.2) is 25.2 Å².